The lowest BCUT2D eigenvalue weighted by Gasteiger charge is -2.23. The van der Waals surface area contributed by atoms with Gasteiger partial charge in [0.1, 0.15) is 18.1 Å². The molecule has 4 unspecified atom stereocenters. The van der Waals surface area contributed by atoms with E-state index in [1.807, 2.05) is 5.32 Å². The number of rotatable bonds is 13. The molecule has 0 saturated heterocycles. The first-order chi connectivity index (χ1) is 13.4. The third-order valence-corrected chi connectivity index (χ3v) is 3.77. The fourth-order valence-electron chi connectivity index (χ4n) is 1.92. The van der Waals surface area contributed by atoms with Gasteiger partial charge >= 0.3 is 5.97 Å². The molecule has 11 N–H and O–H groups in total. The zero-order valence-electron chi connectivity index (χ0n) is 15.2. The second-order valence-corrected chi connectivity index (χ2v) is 6.20. The number of nitrogens with one attached hydrogen (secondary N) is 3. The smallest absolute Gasteiger partial charge is 0.326 e. The summed E-state index contributed by atoms with van der Waals surface area (Å²) in [5.74, 6) is -6.55. The van der Waals surface area contributed by atoms with E-state index < -0.39 is 79.1 Å². The van der Waals surface area contributed by atoms with Gasteiger partial charge in [0.15, 0.2) is 0 Å². The molecule has 0 heterocycles. The van der Waals surface area contributed by atoms with Crippen molar-refractivity contribution in [3.63, 3.8) is 0 Å². The Kier molecular flexibility index (Phi) is 11.3. The fourth-order valence-corrected chi connectivity index (χ4v) is 2.18. The van der Waals surface area contributed by atoms with Crippen LogP contribution in [0.2, 0.25) is 0 Å². The molecular weight excluding hydrogens is 412 g/mol. The molecule has 0 bridgehead atoms. The standard InChI is InChI=1S/C14H24N6O8S/c15-5(1-9(16)22)11(24)20-8(4-29)13(26)19-7(3-21)12(25)18-6(14(27)28)2-10(17)23/h5-8,21,29H,1-4,15H2,(H2,16,22)(H2,17,23)(H,18,25)(H,19,26)(H,20,24)(H,27,28). The maximum Gasteiger partial charge on any atom is 0.326 e. The number of thiol groups is 1. The van der Waals surface area contributed by atoms with Crippen molar-refractivity contribution in [2.24, 2.45) is 17.2 Å². The van der Waals surface area contributed by atoms with Crippen molar-refractivity contribution in [1.29, 1.82) is 0 Å². The average Bonchev–Trinajstić information content (AvgIpc) is 2.61. The van der Waals surface area contributed by atoms with E-state index in [-0.39, 0.29) is 5.75 Å². The SMILES string of the molecule is NC(=O)CC(N)C(=O)NC(CS)C(=O)NC(CO)C(=O)NC(CC(N)=O)C(=O)O. The molecule has 164 valence electrons. The molecule has 14 nitrogen and oxygen atoms in total. The molecule has 0 aromatic carbocycles. The van der Waals surface area contributed by atoms with Crippen LogP contribution in [0.5, 0.6) is 0 Å². The highest BCUT2D eigenvalue weighted by Gasteiger charge is 2.30. The molecule has 0 aliphatic rings. The van der Waals surface area contributed by atoms with Crippen molar-refractivity contribution in [1.82, 2.24) is 16.0 Å². The van der Waals surface area contributed by atoms with Crippen LogP contribution >= 0.6 is 12.6 Å². The molecule has 0 spiro atoms. The third kappa shape index (κ3) is 9.72. The average molecular weight is 436 g/mol. The topological polar surface area (TPSA) is 257 Å². The molecule has 5 amide bonds. The quantitative estimate of drug-likeness (QED) is 0.125. The molecule has 0 radical (unpaired) electrons. The fraction of sp³-hybridized carbons (Fsp3) is 0.571. The van der Waals surface area contributed by atoms with Gasteiger partial charge in [0, 0.05) is 5.75 Å². The van der Waals surface area contributed by atoms with Gasteiger partial charge in [0.2, 0.25) is 29.5 Å². The van der Waals surface area contributed by atoms with Crippen LogP contribution in [-0.2, 0) is 28.8 Å². The van der Waals surface area contributed by atoms with Gasteiger partial charge in [-0.25, -0.2) is 4.79 Å². The number of aliphatic hydroxyl groups excluding tert-OH is 1. The van der Waals surface area contributed by atoms with Gasteiger partial charge in [-0.05, 0) is 0 Å². The summed E-state index contributed by atoms with van der Waals surface area (Å²) in [5, 5.41) is 24.5. The Morgan fingerprint density at radius 2 is 1.24 bits per heavy atom. The Labute approximate surface area is 170 Å². The lowest BCUT2D eigenvalue weighted by Crippen LogP contribution is -2.59. The van der Waals surface area contributed by atoms with Crippen LogP contribution in [-0.4, -0.2) is 82.2 Å². The lowest BCUT2D eigenvalue weighted by molar-refractivity contribution is -0.144. The number of aliphatic carboxylic acids is 1. The number of nitrogens with two attached hydrogens (primary N) is 3. The molecule has 0 aliphatic carbocycles. The van der Waals surface area contributed by atoms with Gasteiger partial charge < -0.3 is 43.4 Å². The Bertz CT molecular complexity index is 660. The van der Waals surface area contributed by atoms with Crippen LogP contribution < -0.4 is 33.2 Å². The minimum atomic E-state index is -1.67. The molecule has 29 heavy (non-hydrogen) atoms. The highest BCUT2D eigenvalue weighted by molar-refractivity contribution is 7.80. The number of carboxylic acids is 1. The normalized spacial score (nSPS) is 14.6. The molecule has 0 aromatic heterocycles. The van der Waals surface area contributed by atoms with Crippen LogP contribution in [0, 0.1) is 0 Å². The maximum absolute atomic E-state index is 12.2. The van der Waals surface area contributed by atoms with E-state index in [0.29, 0.717) is 0 Å². The highest BCUT2D eigenvalue weighted by Crippen LogP contribution is 1.97. The monoisotopic (exact) mass is 436 g/mol. The van der Waals surface area contributed by atoms with E-state index in [1.165, 1.54) is 0 Å². The van der Waals surface area contributed by atoms with E-state index in [1.54, 1.807) is 0 Å². The van der Waals surface area contributed by atoms with Gasteiger partial charge in [-0.3, -0.25) is 24.0 Å². The second-order valence-electron chi connectivity index (χ2n) is 5.83. The summed E-state index contributed by atoms with van der Waals surface area (Å²) in [7, 11) is 0. The van der Waals surface area contributed by atoms with E-state index >= 15 is 0 Å². The van der Waals surface area contributed by atoms with Crippen molar-refractivity contribution in [3.8, 4) is 0 Å². The van der Waals surface area contributed by atoms with Gasteiger partial charge in [-0.15, -0.1) is 0 Å². The Morgan fingerprint density at radius 3 is 1.66 bits per heavy atom. The molecule has 0 aromatic rings. The predicted octanol–water partition coefficient (Wildman–Crippen LogP) is -5.47. The van der Waals surface area contributed by atoms with E-state index in [4.69, 9.17) is 22.3 Å². The third-order valence-electron chi connectivity index (χ3n) is 3.41. The van der Waals surface area contributed by atoms with E-state index in [9.17, 15) is 33.9 Å². The molecular formula is C14H24N6O8S. The number of hydrogen-bond acceptors (Lipinski definition) is 9. The summed E-state index contributed by atoms with van der Waals surface area (Å²) in [6, 6.07) is -5.88. The number of amides is 5. The molecule has 15 heteroatoms. The first-order valence-electron chi connectivity index (χ1n) is 8.10. The highest BCUT2D eigenvalue weighted by atomic mass is 32.1. The van der Waals surface area contributed by atoms with Gasteiger partial charge in [-0.2, -0.15) is 12.6 Å². The van der Waals surface area contributed by atoms with Crippen molar-refractivity contribution in [3.05, 3.63) is 0 Å². The number of carbonyl (C=O) groups is 6. The number of hydrogen-bond donors (Lipinski definition) is 9. The van der Waals surface area contributed by atoms with Crippen molar-refractivity contribution < 1.29 is 39.0 Å². The van der Waals surface area contributed by atoms with E-state index in [2.05, 4.69) is 23.3 Å². The summed E-state index contributed by atoms with van der Waals surface area (Å²) in [5.41, 5.74) is 15.3. The Morgan fingerprint density at radius 1 is 0.793 bits per heavy atom. The minimum absolute atomic E-state index is 0.236. The second kappa shape index (κ2) is 12.5. The van der Waals surface area contributed by atoms with Crippen molar-refractivity contribution in [2.45, 2.75) is 37.0 Å². The zero-order chi connectivity index (χ0) is 22.7. The largest absolute Gasteiger partial charge is 0.480 e. The van der Waals surface area contributed by atoms with Gasteiger partial charge in [0.05, 0.1) is 25.5 Å². The molecule has 0 fully saturated rings. The Balaban J connectivity index is 5.02. The van der Waals surface area contributed by atoms with Crippen LogP contribution in [0.25, 0.3) is 0 Å². The number of aliphatic hydroxyl groups is 1. The maximum atomic E-state index is 12.2. The minimum Gasteiger partial charge on any atom is -0.480 e. The summed E-state index contributed by atoms with van der Waals surface area (Å²) >= 11 is 3.89. The number of carboxylic acid groups (broad SMARTS) is 1. The lowest BCUT2D eigenvalue weighted by atomic mass is 10.1. The van der Waals surface area contributed by atoms with Crippen LogP contribution in [0.15, 0.2) is 0 Å². The van der Waals surface area contributed by atoms with Crippen LogP contribution in [0.1, 0.15) is 12.8 Å². The number of carbonyl (C=O) groups excluding carboxylic acids is 5. The first-order valence-corrected chi connectivity index (χ1v) is 8.73. The van der Waals surface area contributed by atoms with Gasteiger partial charge in [0.25, 0.3) is 0 Å². The first kappa shape index (κ1) is 26.1. The molecule has 0 rings (SSSR count). The van der Waals surface area contributed by atoms with Crippen molar-refractivity contribution in [2.75, 3.05) is 12.4 Å². The summed E-state index contributed by atoms with van der Waals surface area (Å²) in [4.78, 5) is 68.9. The molecule has 4 atom stereocenters. The molecule has 0 saturated carbocycles. The predicted molar refractivity (Wildman–Crippen MR) is 100.0 cm³/mol. The van der Waals surface area contributed by atoms with Crippen LogP contribution in [0.3, 0.4) is 0 Å². The Hall–Kier alpha value is -2.91. The van der Waals surface area contributed by atoms with Crippen LogP contribution in [0.4, 0.5) is 0 Å². The summed E-state index contributed by atoms with van der Waals surface area (Å²) in [6.07, 6.45) is -1.18. The summed E-state index contributed by atoms with van der Waals surface area (Å²) in [6.45, 7) is -0.922. The summed E-state index contributed by atoms with van der Waals surface area (Å²) < 4.78 is 0. The van der Waals surface area contributed by atoms with Crippen molar-refractivity contribution >= 4 is 48.1 Å². The molecule has 0 aliphatic heterocycles. The zero-order valence-corrected chi connectivity index (χ0v) is 16.1. The van der Waals surface area contributed by atoms with Gasteiger partial charge in [-0.1, -0.05) is 0 Å². The van der Waals surface area contributed by atoms with E-state index in [0.717, 1.165) is 0 Å². The number of primary amides is 2.